The molecule has 0 saturated heterocycles. The molecule has 2 aromatic rings. The van der Waals surface area contributed by atoms with E-state index in [-0.39, 0.29) is 6.04 Å². The molecule has 0 spiro atoms. The molecule has 0 aromatic carbocycles. The second kappa shape index (κ2) is 5.47. The normalized spacial score (nSPS) is 12.9. The Labute approximate surface area is 106 Å². The molecule has 92 valence electrons. The van der Waals surface area contributed by atoms with Crippen LogP contribution in [0.4, 0.5) is 0 Å². The monoisotopic (exact) mass is 249 g/mol. The van der Waals surface area contributed by atoms with E-state index in [9.17, 15) is 0 Å². The highest BCUT2D eigenvalue weighted by Crippen LogP contribution is 2.18. The number of hydrogen-bond donors (Lipinski definition) is 1. The van der Waals surface area contributed by atoms with Crippen LogP contribution in [0.25, 0.3) is 0 Å². The fourth-order valence-corrected chi connectivity index (χ4v) is 2.77. The Hall–Kier alpha value is -1.13. The van der Waals surface area contributed by atoms with Crippen LogP contribution in [-0.2, 0) is 19.4 Å². The third kappa shape index (κ3) is 3.41. The molecule has 0 amide bonds. The van der Waals surface area contributed by atoms with Crippen molar-refractivity contribution in [3.05, 3.63) is 40.1 Å². The van der Waals surface area contributed by atoms with Crippen LogP contribution in [0.15, 0.2) is 24.7 Å². The van der Waals surface area contributed by atoms with Crippen molar-refractivity contribution in [2.45, 2.75) is 39.3 Å². The van der Waals surface area contributed by atoms with E-state index >= 15 is 0 Å². The second-order valence-corrected chi connectivity index (χ2v) is 5.69. The predicted octanol–water partition coefficient (Wildman–Crippen LogP) is 2.45. The van der Waals surface area contributed by atoms with Crippen molar-refractivity contribution in [1.82, 2.24) is 9.55 Å². The standard InChI is InChI=1S/C13H19N3S/c1-3-12-4-5-13(17-12)8-16-7-11(15-9-16)6-10(2)14/h4-5,7,9-10H,3,6,8,14H2,1-2H3. The largest absolute Gasteiger partial charge is 0.332 e. The van der Waals surface area contributed by atoms with Gasteiger partial charge in [-0.05, 0) is 25.5 Å². The first-order valence-corrected chi connectivity index (χ1v) is 6.83. The Morgan fingerprint density at radius 1 is 1.41 bits per heavy atom. The van der Waals surface area contributed by atoms with Gasteiger partial charge in [0, 0.05) is 28.4 Å². The van der Waals surface area contributed by atoms with Crippen LogP contribution >= 0.6 is 11.3 Å². The molecule has 0 saturated carbocycles. The highest BCUT2D eigenvalue weighted by atomic mass is 32.1. The number of aryl methyl sites for hydroxylation is 1. The van der Waals surface area contributed by atoms with E-state index < -0.39 is 0 Å². The molecule has 4 heteroatoms. The van der Waals surface area contributed by atoms with Gasteiger partial charge in [-0.25, -0.2) is 4.98 Å². The molecule has 0 fully saturated rings. The molecule has 0 aliphatic rings. The van der Waals surface area contributed by atoms with Gasteiger partial charge in [0.05, 0.1) is 18.6 Å². The van der Waals surface area contributed by atoms with Crippen LogP contribution in [0, 0.1) is 0 Å². The molecule has 1 unspecified atom stereocenters. The van der Waals surface area contributed by atoms with Gasteiger partial charge in [0.25, 0.3) is 0 Å². The molecule has 0 radical (unpaired) electrons. The summed E-state index contributed by atoms with van der Waals surface area (Å²) < 4.78 is 2.13. The molecular formula is C13H19N3S. The van der Waals surface area contributed by atoms with Gasteiger partial charge in [0.2, 0.25) is 0 Å². The minimum Gasteiger partial charge on any atom is -0.332 e. The molecule has 2 N–H and O–H groups in total. The summed E-state index contributed by atoms with van der Waals surface area (Å²) in [5.74, 6) is 0. The lowest BCUT2D eigenvalue weighted by molar-refractivity contribution is 0.723. The van der Waals surface area contributed by atoms with Crippen LogP contribution < -0.4 is 5.73 Å². The molecular weight excluding hydrogens is 230 g/mol. The summed E-state index contributed by atoms with van der Waals surface area (Å²) in [6.45, 7) is 5.11. The summed E-state index contributed by atoms with van der Waals surface area (Å²) in [5.41, 5.74) is 6.84. The van der Waals surface area contributed by atoms with Crippen LogP contribution in [0.1, 0.15) is 29.3 Å². The van der Waals surface area contributed by atoms with E-state index in [4.69, 9.17) is 5.73 Å². The van der Waals surface area contributed by atoms with Gasteiger partial charge in [-0.2, -0.15) is 0 Å². The number of nitrogens with two attached hydrogens (primary N) is 1. The smallest absolute Gasteiger partial charge is 0.0952 e. The zero-order valence-corrected chi connectivity index (χ0v) is 11.2. The molecule has 0 aliphatic carbocycles. The first kappa shape index (κ1) is 12.3. The molecule has 2 rings (SSSR count). The lowest BCUT2D eigenvalue weighted by atomic mass is 10.2. The van der Waals surface area contributed by atoms with Gasteiger partial charge in [-0.15, -0.1) is 11.3 Å². The molecule has 3 nitrogen and oxygen atoms in total. The maximum Gasteiger partial charge on any atom is 0.0952 e. The number of rotatable bonds is 5. The maximum absolute atomic E-state index is 5.76. The van der Waals surface area contributed by atoms with Gasteiger partial charge in [-0.1, -0.05) is 6.92 Å². The molecule has 0 bridgehead atoms. The topological polar surface area (TPSA) is 43.8 Å². The first-order valence-electron chi connectivity index (χ1n) is 6.01. The third-order valence-corrected chi connectivity index (χ3v) is 3.84. The Balaban J connectivity index is 2.01. The number of aromatic nitrogens is 2. The lowest BCUT2D eigenvalue weighted by Crippen LogP contribution is -2.17. The first-order chi connectivity index (χ1) is 8.17. The molecule has 1 atom stereocenters. The number of imidazole rings is 1. The molecule has 2 heterocycles. The summed E-state index contributed by atoms with van der Waals surface area (Å²) in [7, 11) is 0. The van der Waals surface area contributed by atoms with Crippen LogP contribution in [0.5, 0.6) is 0 Å². The summed E-state index contributed by atoms with van der Waals surface area (Å²) in [5, 5.41) is 0. The molecule has 17 heavy (non-hydrogen) atoms. The minimum atomic E-state index is 0.173. The van der Waals surface area contributed by atoms with Crippen molar-refractivity contribution in [2.75, 3.05) is 0 Å². The second-order valence-electron chi connectivity index (χ2n) is 4.44. The quantitative estimate of drug-likeness (QED) is 0.884. The summed E-state index contributed by atoms with van der Waals surface area (Å²) in [4.78, 5) is 7.19. The number of nitrogens with zero attached hydrogens (tertiary/aromatic N) is 2. The maximum atomic E-state index is 5.76. The zero-order valence-electron chi connectivity index (χ0n) is 10.4. The van der Waals surface area contributed by atoms with Crippen molar-refractivity contribution in [1.29, 1.82) is 0 Å². The SMILES string of the molecule is CCc1ccc(Cn2cnc(CC(C)N)c2)s1. The third-order valence-electron chi connectivity index (χ3n) is 2.62. The van der Waals surface area contributed by atoms with Gasteiger partial charge in [-0.3, -0.25) is 0 Å². The van der Waals surface area contributed by atoms with E-state index in [1.807, 2.05) is 24.6 Å². The predicted molar refractivity (Wildman–Crippen MR) is 72.4 cm³/mol. The summed E-state index contributed by atoms with van der Waals surface area (Å²) >= 11 is 1.88. The van der Waals surface area contributed by atoms with E-state index in [0.29, 0.717) is 0 Å². The van der Waals surface area contributed by atoms with Crippen molar-refractivity contribution >= 4 is 11.3 Å². The van der Waals surface area contributed by atoms with Crippen molar-refractivity contribution < 1.29 is 0 Å². The minimum absolute atomic E-state index is 0.173. The van der Waals surface area contributed by atoms with Crippen molar-refractivity contribution in [3.63, 3.8) is 0 Å². The Morgan fingerprint density at radius 3 is 2.82 bits per heavy atom. The van der Waals surface area contributed by atoms with Crippen molar-refractivity contribution in [3.8, 4) is 0 Å². The zero-order chi connectivity index (χ0) is 12.3. The highest BCUT2D eigenvalue weighted by molar-refractivity contribution is 7.11. The Morgan fingerprint density at radius 2 is 2.18 bits per heavy atom. The van der Waals surface area contributed by atoms with Crippen molar-refractivity contribution in [2.24, 2.45) is 5.73 Å². The average Bonchev–Trinajstić information content (AvgIpc) is 2.88. The van der Waals surface area contributed by atoms with Gasteiger partial charge in [0.15, 0.2) is 0 Å². The van der Waals surface area contributed by atoms with E-state index in [0.717, 1.165) is 25.1 Å². The van der Waals surface area contributed by atoms with E-state index in [2.05, 4.69) is 34.8 Å². The Kier molecular flexibility index (Phi) is 3.97. The fourth-order valence-electron chi connectivity index (χ4n) is 1.81. The Bertz CT molecular complexity index is 470. The van der Waals surface area contributed by atoms with Gasteiger partial charge >= 0.3 is 0 Å². The van der Waals surface area contributed by atoms with Crippen LogP contribution in [0.2, 0.25) is 0 Å². The summed E-state index contributed by atoms with van der Waals surface area (Å²) in [6.07, 6.45) is 5.94. The van der Waals surface area contributed by atoms with Gasteiger partial charge in [0.1, 0.15) is 0 Å². The molecule has 0 aliphatic heterocycles. The highest BCUT2D eigenvalue weighted by Gasteiger charge is 2.04. The van der Waals surface area contributed by atoms with E-state index in [1.54, 1.807) is 0 Å². The fraction of sp³-hybridized carbons (Fsp3) is 0.462. The van der Waals surface area contributed by atoms with Crippen LogP contribution in [0.3, 0.4) is 0 Å². The van der Waals surface area contributed by atoms with Gasteiger partial charge < -0.3 is 10.3 Å². The lowest BCUT2D eigenvalue weighted by Gasteiger charge is -2.00. The van der Waals surface area contributed by atoms with E-state index in [1.165, 1.54) is 9.75 Å². The summed E-state index contributed by atoms with van der Waals surface area (Å²) in [6, 6.07) is 4.58. The number of hydrogen-bond acceptors (Lipinski definition) is 3. The number of thiophene rings is 1. The molecule has 2 aromatic heterocycles. The average molecular weight is 249 g/mol. The van der Waals surface area contributed by atoms with Crippen LogP contribution in [-0.4, -0.2) is 15.6 Å².